The van der Waals surface area contributed by atoms with Gasteiger partial charge in [0.15, 0.2) is 0 Å². The van der Waals surface area contributed by atoms with Crippen molar-refractivity contribution in [3.05, 3.63) is 29.3 Å². The summed E-state index contributed by atoms with van der Waals surface area (Å²) in [6.45, 7) is 0.906. The van der Waals surface area contributed by atoms with Crippen LogP contribution in [0.1, 0.15) is 38.5 Å². The Bertz CT molecular complexity index is 446. The van der Waals surface area contributed by atoms with Gasteiger partial charge in [-0.25, -0.2) is 4.79 Å². The Morgan fingerprint density at radius 3 is 2.71 bits per heavy atom. The Morgan fingerprint density at radius 1 is 1.24 bits per heavy atom. The lowest BCUT2D eigenvalue weighted by Gasteiger charge is -2.16. The van der Waals surface area contributed by atoms with Crippen molar-refractivity contribution >= 4 is 17.6 Å². The maximum atomic E-state index is 11.8. The summed E-state index contributed by atoms with van der Waals surface area (Å²) in [6.07, 6.45) is 7.17. The molecule has 0 spiro atoms. The largest absolute Gasteiger partial charge is 0.492 e. The van der Waals surface area contributed by atoms with Gasteiger partial charge >= 0.3 is 6.03 Å². The van der Waals surface area contributed by atoms with Crippen LogP contribution < -0.4 is 15.4 Å². The third kappa shape index (κ3) is 6.25. The predicted molar refractivity (Wildman–Crippen MR) is 85.0 cm³/mol. The lowest BCUT2D eigenvalue weighted by atomic mass is 10.1. The van der Waals surface area contributed by atoms with Gasteiger partial charge in [-0.15, -0.1) is 0 Å². The van der Waals surface area contributed by atoms with E-state index in [-0.39, 0.29) is 6.03 Å². The number of halogens is 1. The normalized spacial score (nSPS) is 16.0. The lowest BCUT2D eigenvalue weighted by Crippen LogP contribution is -2.43. The molecule has 116 valence electrons. The molecule has 21 heavy (non-hydrogen) atoms. The highest BCUT2D eigenvalue weighted by molar-refractivity contribution is 6.30. The molecule has 0 aromatic heterocycles. The molecule has 0 heterocycles. The SMILES string of the molecule is O=C(NCCOc1cccc(Cl)c1)NC1CCCCCC1. The molecule has 0 radical (unpaired) electrons. The summed E-state index contributed by atoms with van der Waals surface area (Å²) in [7, 11) is 0. The summed E-state index contributed by atoms with van der Waals surface area (Å²) in [5.74, 6) is 0.716. The standard InChI is InChI=1S/C16H23ClN2O2/c17-13-6-5-9-15(12-13)21-11-10-18-16(20)19-14-7-3-1-2-4-8-14/h5-6,9,12,14H,1-4,7-8,10-11H2,(H2,18,19,20). The minimum absolute atomic E-state index is 0.100. The Hall–Kier alpha value is -1.42. The van der Waals surface area contributed by atoms with Gasteiger partial charge in [0.25, 0.3) is 0 Å². The summed E-state index contributed by atoms with van der Waals surface area (Å²) in [5, 5.41) is 6.51. The van der Waals surface area contributed by atoms with Crippen LogP contribution >= 0.6 is 11.6 Å². The van der Waals surface area contributed by atoms with Crippen molar-refractivity contribution in [1.82, 2.24) is 10.6 Å². The number of benzene rings is 1. The number of urea groups is 1. The predicted octanol–water partition coefficient (Wildman–Crippen LogP) is 3.74. The molecule has 4 nitrogen and oxygen atoms in total. The molecular weight excluding hydrogens is 288 g/mol. The first kappa shape index (κ1) is 16.0. The monoisotopic (exact) mass is 310 g/mol. The smallest absolute Gasteiger partial charge is 0.315 e. The van der Waals surface area contributed by atoms with Crippen LogP contribution in [0.5, 0.6) is 5.75 Å². The first-order chi connectivity index (χ1) is 10.2. The van der Waals surface area contributed by atoms with E-state index in [0.717, 1.165) is 12.8 Å². The van der Waals surface area contributed by atoms with Gasteiger partial charge in [0.1, 0.15) is 12.4 Å². The first-order valence-electron chi connectivity index (χ1n) is 7.67. The third-order valence-corrected chi connectivity index (χ3v) is 3.88. The number of hydrogen-bond donors (Lipinski definition) is 2. The number of ether oxygens (including phenoxy) is 1. The number of rotatable bonds is 5. The van der Waals surface area contributed by atoms with Crippen molar-refractivity contribution in [3.8, 4) is 5.75 Å². The van der Waals surface area contributed by atoms with Crippen molar-refractivity contribution in [2.75, 3.05) is 13.2 Å². The van der Waals surface area contributed by atoms with E-state index in [1.165, 1.54) is 25.7 Å². The van der Waals surface area contributed by atoms with Crippen molar-refractivity contribution in [2.24, 2.45) is 0 Å². The van der Waals surface area contributed by atoms with Crippen LogP contribution in [-0.2, 0) is 0 Å². The van der Waals surface area contributed by atoms with Crippen molar-refractivity contribution in [3.63, 3.8) is 0 Å². The highest BCUT2D eigenvalue weighted by Gasteiger charge is 2.14. The molecule has 0 bridgehead atoms. The molecule has 2 amide bonds. The fourth-order valence-electron chi connectivity index (χ4n) is 2.55. The zero-order valence-corrected chi connectivity index (χ0v) is 13.0. The van der Waals surface area contributed by atoms with E-state index in [0.29, 0.717) is 30.0 Å². The number of nitrogens with one attached hydrogen (secondary N) is 2. The molecule has 0 aliphatic heterocycles. The van der Waals surface area contributed by atoms with E-state index in [1.807, 2.05) is 12.1 Å². The van der Waals surface area contributed by atoms with Gasteiger partial charge in [0, 0.05) is 11.1 Å². The van der Waals surface area contributed by atoms with E-state index in [9.17, 15) is 4.79 Å². The quantitative estimate of drug-likeness (QED) is 0.643. The van der Waals surface area contributed by atoms with Gasteiger partial charge < -0.3 is 15.4 Å². The zero-order valence-electron chi connectivity index (χ0n) is 12.2. The Labute approximate surface area is 131 Å². The minimum atomic E-state index is -0.100. The highest BCUT2D eigenvalue weighted by atomic mass is 35.5. The van der Waals surface area contributed by atoms with Gasteiger partial charge in [-0.2, -0.15) is 0 Å². The molecule has 0 saturated heterocycles. The molecule has 1 aliphatic carbocycles. The van der Waals surface area contributed by atoms with Crippen LogP contribution in [0.2, 0.25) is 5.02 Å². The van der Waals surface area contributed by atoms with Crippen LogP contribution in [0.4, 0.5) is 4.79 Å². The van der Waals surface area contributed by atoms with Gasteiger partial charge in [0.05, 0.1) is 6.54 Å². The van der Waals surface area contributed by atoms with E-state index in [4.69, 9.17) is 16.3 Å². The second-order valence-electron chi connectivity index (χ2n) is 5.39. The fourth-order valence-corrected chi connectivity index (χ4v) is 2.73. The van der Waals surface area contributed by atoms with E-state index in [1.54, 1.807) is 12.1 Å². The third-order valence-electron chi connectivity index (χ3n) is 3.64. The molecule has 0 unspecified atom stereocenters. The Kier molecular flexibility index (Phi) is 6.67. The first-order valence-corrected chi connectivity index (χ1v) is 8.04. The number of hydrogen-bond acceptors (Lipinski definition) is 2. The average molecular weight is 311 g/mol. The molecule has 1 aromatic rings. The van der Waals surface area contributed by atoms with E-state index in [2.05, 4.69) is 10.6 Å². The average Bonchev–Trinajstić information content (AvgIpc) is 2.72. The highest BCUT2D eigenvalue weighted by Crippen LogP contribution is 2.17. The van der Waals surface area contributed by atoms with E-state index >= 15 is 0 Å². The van der Waals surface area contributed by atoms with Gasteiger partial charge in [-0.1, -0.05) is 43.4 Å². The Morgan fingerprint density at radius 2 is 2.00 bits per heavy atom. The van der Waals surface area contributed by atoms with Crippen molar-refractivity contribution in [2.45, 2.75) is 44.6 Å². The van der Waals surface area contributed by atoms with Crippen LogP contribution in [0.25, 0.3) is 0 Å². The van der Waals surface area contributed by atoms with Gasteiger partial charge in [-0.3, -0.25) is 0 Å². The second kappa shape index (κ2) is 8.78. The number of carbonyl (C=O) groups excluding carboxylic acids is 1. The number of amides is 2. The van der Waals surface area contributed by atoms with Crippen molar-refractivity contribution < 1.29 is 9.53 Å². The molecule has 1 aliphatic rings. The molecular formula is C16H23ClN2O2. The molecule has 2 rings (SSSR count). The molecule has 2 N–H and O–H groups in total. The van der Waals surface area contributed by atoms with Crippen LogP contribution in [-0.4, -0.2) is 25.2 Å². The molecule has 1 fully saturated rings. The molecule has 0 atom stereocenters. The lowest BCUT2D eigenvalue weighted by molar-refractivity contribution is 0.231. The summed E-state index contributed by atoms with van der Waals surface area (Å²) in [6, 6.07) is 7.46. The molecule has 1 saturated carbocycles. The summed E-state index contributed by atoms with van der Waals surface area (Å²) in [5.41, 5.74) is 0. The summed E-state index contributed by atoms with van der Waals surface area (Å²) >= 11 is 5.87. The van der Waals surface area contributed by atoms with Crippen molar-refractivity contribution in [1.29, 1.82) is 0 Å². The number of carbonyl (C=O) groups is 1. The Balaban J connectivity index is 1.60. The van der Waals surface area contributed by atoms with Crippen LogP contribution in [0, 0.1) is 0 Å². The molecule has 5 heteroatoms. The topological polar surface area (TPSA) is 50.4 Å². The van der Waals surface area contributed by atoms with Gasteiger partial charge in [-0.05, 0) is 31.0 Å². The maximum absolute atomic E-state index is 11.8. The maximum Gasteiger partial charge on any atom is 0.315 e. The summed E-state index contributed by atoms with van der Waals surface area (Å²) in [4.78, 5) is 11.8. The zero-order chi connectivity index (χ0) is 14.9. The second-order valence-corrected chi connectivity index (χ2v) is 5.83. The van der Waals surface area contributed by atoms with Crippen LogP contribution in [0.15, 0.2) is 24.3 Å². The minimum Gasteiger partial charge on any atom is -0.492 e. The van der Waals surface area contributed by atoms with E-state index < -0.39 is 0 Å². The summed E-state index contributed by atoms with van der Waals surface area (Å²) < 4.78 is 5.52. The van der Waals surface area contributed by atoms with Gasteiger partial charge in [0.2, 0.25) is 0 Å². The van der Waals surface area contributed by atoms with Crippen LogP contribution in [0.3, 0.4) is 0 Å². The molecule has 1 aromatic carbocycles. The fraction of sp³-hybridized carbons (Fsp3) is 0.562.